The molecular weight excluding hydrogens is 401 g/mol. The van der Waals surface area contributed by atoms with Gasteiger partial charge in [0.15, 0.2) is 17.1 Å². The van der Waals surface area contributed by atoms with E-state index in [0.29, 0.717) is 5.02 Å². The zero-order chi connectivity index (χ0) is 19.4. The van der Waals surface area contributed by atoms with Crippen molar-refractivity contribution in [2.45, 2.75) is 44.3 Å². The second-order valence-corrected chi connectivity index (χ2v) is 7.92. The fourth-order valence-corrected chi connectivity index (χ4v) is 4.27. The van der Waals surface area contributed by atoms with Crippen LogP contribution in [-0.2, 0) is 12.3 Å². The van der Waals surface area contributed by atoms with Gasteiger partial charge in [0.05, 0.1) is 0 Å². The second kappa shape index (κ2) is 9.00. The van der Waals surface area contributed by atoms with Gasteiger partial charge in [-0.15, -0.1) is 10.2 Å². The molecule has 0 bridgehead atoms. The summed E-state index contributed by atoms with van der Waals surface area (Å²) in [5.41, 5.74) is 2.07. The lowest BCUT2D eigenvalue weighted by atomic mass is 10.2. The highest BCUT2D eigenvalue weighted by atomic mass is 35.5. The molecule has 0 aliphatic heterocycles. The number of thioether (sulfide) groups is 1. The van der Waals surface area contributed by atoms with Crippen LogP contribution in [0.3, 0.4) is 0 Å². The number of rotatable bonds is 7. The van der Waals surface area contributed by atoms with Crippen molar-refractivity contribution in [1.29, 1.82) is 0 Å². The zero-order valence-electron chi connectivity index (χ0n) is 15.4. The van der Waals surface area contributed by atoms with Crippen molar-refractivity contribution in [3.05, 3.63) is 69.5 Å². The normalized spacial score (nSPS) is 12.2. The second-order valence-electron chi connectivity index (χ2n) is 6.14. The average Bonchev–Trinajstić information content (AvgIpc) is 3.06. The molecule has 4 nitrogen and oxygen atoms in total. The van der Waals surface area contributed by atoms with E-state index in [9.17, 15) is 0 Å². The summed E-state index contributed by atoms with van der Waals surface area (Å²) in [7, 11) is 0. The summed E-state index contributed by atoms with van der Waals surface area (Å²) in [6.07, 6.45) is -0.230. The Kier molecular flexibility index (Phi) is 6.68. The van der Waals surface area contributed by atoms with Crippen molar-refractivity contribution in [2.75, 3.05) is 0 Å². The quantitative estimate of drug-likeness (QED) is 0.416. The molecule has 0 fully saturated rings. The van der Waals surface area contributed by atoms with Crippen LogP contribution in [0.4, 0.5) is 0 Å². The highest BCUT2D eigenvalue weighted by Gasteiger charge is 2.19. The van der Waals surface area contributed by atoms with Crippen molar-refractivity contribution in [3.63, 3.8) is 0 Å². The van der Waals surface area contributed by atoms with E-state index in [2.05, 4.69) is 21.7 Å². The van der Waals surface area contributed by atoms with Gasteiger partial charge in [-0.2, -0.15) is 0 Å². The van der Waals surface area contributed by atoms with Crippen LogP contribution in [0, 0.1) is 6.92 Å². The Morgan fingerprint density at radius 2 is 1.93 bits per heavy atom. The van der Waals surface area contributed by atoms with Gasteiger partial charge >= 0.3 is 0 Å². The lowest BCUT2D eigenvalue weighted by molar-refractivity contribution is 0.208. The maximum absolute atomic E-state index is 6.25. The Hall–Kier alpha value is -1.69. The summed E-state index contributed by atoms with van der Waals surface area (Å²) >= 11 is 13.9. The third kappa shape index (κ3) is 4.78. The Bertz CT molecular complexity index is 929. The number of nitrogens with zero attached hydrogens (tertiary/aromatic N) is 3. The van der Waals surface area contributed by atoms with Crippen LogP contribution in [-0.4, -0.2) is 14.8 Å². The lowest BCUT2D eigenvalue weighted by Gasteiger charge is -2.17. The molecule has 0 aliphatic carbocycles. The van der Waals surface area contributed by atoms with Crippen LogP contribution in [0.2, 0.25) is 10.0 Å². The Morgan fingerprint density at radius 3 is 2.63 bits per heavy atom. The van der Waals surface area contributed by atoms with E-state index in [1.165, 1.54) is 0 Å². The molecule has 0 spiro atoms. The van der Waals surface area contributed by atoms with Crippen LogP contribution in [0.15, 0.2) is 47.6 Å². The highest BCUT2D eigenvalue weighted by molar-refractivity contribution is 7.98. The molecule has 1 atom stereocenters. The number of aryl methyl sites for hydroxylation is 1. The van der Waals surface area contributed by atoms with Crippen molar-refractivity contribution < 1.29 is 4.74 Å². The summed E-state index contributed by atoms with van der Waals surface area (Å²) in [5.74, 6) is 2.33. The first-order valence-electron chi connectivity index (χ1n) is 8.71. The number of hydrogen-bond acceptors (Lipinski definition) is 4. The summed E-state index contributed by atoms with van der Waals surface area (Å²) in [6, 6.07) is 13.4. The van der Waals surface area contributed by atoms with Crippen molar-refractivity contribution in [1.82, 2.24) is 14.8 Å². The van der Waals surface area contributed by atoms with E-state index >= 15 is 0 Å². The summed E-state index contributed by atoms with van der Waals surface area (Å²) in [5, 5.41) is 11.1. The molecule has 1 aromatic heterocycles. The van der Waals surface area contributed by atoms with Gasteiger partial charge in [-0.05, 0) is 56.2 Å². The summed E-state index contributed by atoms with van der Waals surface area (Å²) < 4.78 is 8.19. The molecule has 0 N–H and O–H groups in total. The van der Waals surface area contributed by atoms with Crippen LogP contribution < -0.4 is 4.74 Å². The van der Waals surface area contributed by atoms with E-state index in [1.807, 2.05) is 56.3 Å². The number of aromatic nitrogens is 3. The van der Waals surface area contributed by atoms with Gasteiger partial charge < -0.3 is 9.30 Å². The predicted octanol–water partition coefficient (Wildman–Crippen LogP) is 6.35. The van der Waals surface area contributed by atoms with Crippen LogP contribution in [0.25, 0.3) is 0 Å². The molecule has 1 heterocycles. The Labute approximate surface area is 173 Å². The fraction of sp³-hybridized carbons (Fsp3) is 0.300. The van der Waals surface area contributed by atoms with Crippen LogP contribution in [0.1, 0.15) is 36.9 Å². The average molecular weight is 422 g/mol. The summed E-state index contributed by atoms with van der Waals surface area (Å²) in [4.78, 5) is 0. The maximum atomic E-state index is 6.25. The minimum absolute atomic E-state index is 0.230. The number of ether oxygens (including phenoxy) is 1. The molecule has 0 radical (unpaired) electrons. The molecule has 142 valence electrons. The van der Waals surface area contributed by atoms with Gasteiger partial charge in [-0.1, -0.05) is 53.2 Å². The molecule has 2 aromatic carbocycles. The molecule has 0 saturated heterocycles. The molecular formula is C20H21Cl2N3OS. The van der Waals surface area contributed by atoms with Crippen molar-refractivity contribution in [3.8, 4) is 5.75 Å². The lowest BCUT2D eigenvalue weighted by Crippen LogP contribution is -2.12. The topological polar surface area (TPSA) is 39.9 Å². The zero-order valence-corrected chi connectivity index (χ0v) is 17.8. The summed E-state index contributed by atoms with van der Waals surface area (Å²) in [6.45, 7) is 6.79. The molecule has 3 aromatic rings. The van der Waals surface area contributed by atoms with Gasteiger partial charge in [0, 0.05) is 22.3 Å². The van der Waals surface area contributed by atoms with Gasteiger partial charge in [0.1, 0.15) is 5.75 Å². The first-order chi connectivity index (χ1) is 13.0. The maximum Gasteiger partial charge on any atom is 0.191 e. The third-order valence-electron chi connectivity index (χ3n) is 4.18. The fourth-order valence-electron chi connectivity index (χ4n) is 2.75. The number of benzene rings is 2. The molecule has 0 saturated carbocycles. The standard InChI is InChI=1S/C20H21Cl2N3OS/c1-4-25-19(14(3)26-18-10-9-16(21)11-13(18)2)23-24-20(25)27-12-15-7-5-6-8-17(15)22/h5-11,14H,4,12H2,1-3H3. The smallest absolute Gasteiger partial charge is 0.191 e. The molecule has 0 amide bonds. The number of hydrogen-bond donors (Lipinski definition) is 0. The minimum Gasteiger partial charge on any atom is -0.482 e. The molecule has 1 unspecified atom stereocenters. The van der Waals surface area contributed by atoms with Gasteiger partial charge in [0.25, 0.3) is 0 Å². The van der Waals surface area contributed by atoms with Crippen LogP contribution >= 0.6 is 35.0 Å². The molecule has 7 heteroatoms. The number of halogens is 2. The minimum atomic E-state index is -0.230. The Morgan fingerprint density at radius 1 is 1.15 bits per heavy atom. The van der Waals surface area contributed by atoms with E-state index < -0.39 is 0 Å². The van der Waals surface area contributed by atoms with Gasteiger partial charge in [-0.25, -0.2) is 0 Å². The molecule has 3 rings (SSSR count). The van der Waals surface area contributed by atoms with Gasteiger partial charge in [0.2, 0.25) is 0 Å². The monoisotopic (exact) mass is 421 g/mol. The van der Waals surface area contributed by atoms with E-state index in [4.69, 9.17) is 27.9 Å². The first kappa shape index (κ1) is 20.1. The van der Waals surface area contributed by atoms with E-state index in [1.54, 1.807) is 11.8 Å². The van der Waals surface area contributed by atoms with Crippen molar-refractivity contribution >= 4 is 35.0 Å². The molecule has 27 heavy (non-hydrogen) atoms. The third-order valence-corrected chi connectivity index (χ3v) is 5.80. The SMILES string of the molecule is CCn1c(SCc2ccccc2Cl)nnc1C(C)Oc1ccc(Cl)cc1C. The highest BCUT2D eigenvalue weighted by Crippen LogP contribution is 2.30. The first-order valence-corrected chi connectivity index (χ1v) is 10.5. The van der Waals surface area contributed by atoms with Gasteiger partial charge in [-0.3, -0.25) is 0 Å². The predicted molar refractivity (Wildman–Crippen MR) is 112 cm³/mol. The largest absolute Gasteiger partial charge is 0.482 e. The van der Waals surface area contributed by atoms with E-state index in [0.717, 1.165) is 45.2 Å². The van der Waals surface area contributed by atoms with E-state index in [-0.39, 0.29) is 6.10 Å². The van der Waals surface area contributed by atoms with Crippen molar-refractivity contribution in [2.24, 2.45) is 0 Å². The molecule has 0 aliphatic rings. The Balaban J connectivity index is 1.75. The van der Waals surface area contributed by atoms with Crippen LogP contribution in [0.5, 0.6) is 5.75 Å².